The monoisotopic (exact) mass is 376 g/mol. The van der Waals surface area contributed by atoms with Gasteiger partial charge in [-0.25, -0.2) is 4.99 Å². The Labute approximate surface area is 164 Å². The number of hydrazone groups is 1. The highest BCUT2D eigenvalue weighted by Crippen LogP contribution is 2.16. The summed E-state index contributed by atoms with van der Waals surface area (Å²) < 4.78 is 0. The first kappa shape index (κ1) is 18.7. The van der Waals surface area contributed by atoms with Crippen molar-refractivity contribution in [2.24, 2.45) is 10.1 Å². The summed E-state index contributed by atoms with van der Waals surface area (Å²) >= 11 is 6.18. The lowest BCUT2D eigenvalue weighted by Gasteiger charge is -2.13. The minimum absolute atomic E-state index is 0.653. The first-order valence-corrected chi connectivity index (χ1v) is 8.96. The Kier molecular flexibility index (Phi) is 6.23. The van der Waals surface area contributed by atoms with Crippen LogP contribution in [0.5, 0.6) is 0 Å². The highest BCUT2D eigenvalue weighted by molar-refractivity contribution is 6.33. The third kappa shape index (κ3) is 5.19. The molecule has 0 heterocycles. The van der Waals surface area contributed by atoms with Crippen molar-refractivity contribution in [1.29, 1.82) is 0 Å². The second-order valence-electron chi connectivity index (χ2n) is 6.13. The van der Waals surface area contributed by atoms with Crippen molar-refractivity contribution < 1.29 is 0 Å². The second kappa shape index (κ2) is 9.01. The zero-order valence-electron chi connectivity index (χ0n) is 15.3. The molecule has 3 rings (SSSR count). The van der Waals surface area contributed by atoms with Crippen LogP contribution >= 0.6 is 11.6 Å². The van der Waals surface area contributed by atoms with Crippen molar-refractivity contribution >= 4 is 35.0 Å². The Morgan fingerprint density at radius 1 is 0.889 bits per heavy atom. The maximum Gasteiger partial charge on any atom is 0.154 e. The Balaban J connectivity index is 1.88. The fraction of sp³-hybridized carbons (Fsp3) is 0.0909. The molecule has 0 spiro atoms. The van der Waals surface area contributed by atoms with Gasteiger partial charge in [0.15, 0.2) is 5.84 Å². The maximum atomic E-state index is 6.18. The normalized spacial score (nSPS) is 11.6. The molecule has 1 N–H and O–H groups in total. The van der Waals surface area contributed by atoms with Gasteiger partial charge in [-0.1, -0.05) is 48.0 Å². The van der Waals surface area contributed by atoms with Gasteiger partial charge in [0.1, 0.15) is 0 Å². The van der Waals surface area contributed by atoms with E-state index in [-0.39, 0.29) is 0 Å². The molecule has 0 amide bonds. The number of hydrogen-bond acceptors (Lipinski definition) is 3. The fourth-order valence-corrected chi connectivity index (χ4v) is 2.63. The average Bonchev–Trinajstić information content (AvgIpc) is 2.69. The van der Waals surface area contributed by atoms with Crippen molar-refractivity contribution in [3.63, 3.8) is 0 Å². The van der Waals surface area contributed by atoms with Crippen LogP contribution in [-0.4, -0.2) is 26.1 Å². The number of hydrogen-bond donors (Lipinski definition) is 1. The molecule has 3 aromatic carbocycles. The Hall–Kier alpha value is -3.11. The van der Waals surface area contributed by atoms with Gasteiger partial charge in [0, 0.05) is 35.9 Å². The summed E-state index contributed by atoms with van der Waals surface area (Å²) in [5.74, 6) is 0.662. The molecule has 0 saturated carbocycles. The smallest absolute Gasteiger partial charge is 0.154 e. The predicted octanol–water partition coefficient (Wildman–Crippen LogP) is 5.11. The number of aliphatic imine (C=N–C) groups is 1. The molecular formula is C22H21ClN4. The molecule has 5 heteroatoms. The topological polar surface area (TPSA) is 40.0 Å². The molecule has 0 atom stereocenters. The zero-order chi connectivity index (χ0) is 19.1. The van der Waals surface area contributed by atoms with Crippen molar-refractivity contribution in [2.75, 3.05) is 19.0 Å². The standard InChI is InChI=1S/C22H21ClN4/c1-27(2)20-14-12-17(13-15-20)22(25-19-9-4-3-5-10-19)26-24-16-18-8-6-7-11-21(18)23/h3-16H,1-2H3,(H,25,26)/b24-16+. The molecule has 0 fully saturated rings. The van der Waals surface area contributed by atoms with E-state index in [1.54, 1.807) is 6.21 Å². The highest BCUT2D eigenvalue weighted by atomic mass is 35.5. The van der Waals surface area contributed by atoms with Crippen molar-refractivity contribution in [1.82, 2.24) is 5.43 Å². The van der Waals surface area contributed by atoms with Gasteiger partial charge in [-0.3, -0.25) is 5.43 Å². The highest BCUT2D eigenvalue weighted by Gasteiger charge is 2.05. The summed E-state index contributed by atoms with van der Waals surface area (Å²) in [7, 11) is 4.03. The van der Waals surface area contributed by atoms with Crippen molar-refractivity contribution in [3.8, 4) is 0 Å². The van der Waals surface area contributed by atoms with Gasteiger partial charge < -0.3 is 4.90 Å². The number of nitrogens with zero attached hydrogens (tertiary/aromatic N) is 3. The van der Waals surface area contributed by atoms with Crippen LogP contribution < -0.4 is 10.3 Å². The first-order chi connectivity index (χ1) is 13.1. The number of rotatable bonds is 5. The molecule has 0 aliphatic rings. The largest absolute Gasteiger partial charge is 0.378 e. The zero-order valence-corrected chi connectivity index (χ0v) is 16.1. The van der Waals surface area contributed by atoms with E-state index in [4.69, 9.17) is 16.6 Å². The lowest BCUT2D eigenvalue weighted by Crippen LogP contribution is -2.19. The first-order valence-electron chi connectivity index (χ1n) is 8.58. The van der Waals surface area contributed by atoms with Crippen molar-refractivity contribution in [3.05, 3.63) is 95.0 Å². The van der Waals surface area contributed by atoms with Crippen LogP contribution in [0.1, 0.15) is 11.1 Å². The van der Waals surface area contributed by atoms with E-state index < -0.39 is 0 Å². The number of amidine groups is 1. The van der Waals surface area contributed by atoms with E-state index in [1.807, 2.05) is 80.8 Å². The van der Waals surface area contributed by atoms with Gasteiger partial charge in [0.25, 0.3) is 0 Å². The average molecular weight is 377 g/mol. The molecule has 27 heavy (non-hydrogen) atoms. The SMILES string of the molecule is CN(C)c1ccc(C(=Nc2ccccc2)N/N=C/c2ccccc2Cl)cc1. The van der Waals surface area contributed by atoms with E-state index in [1.165, 1.54) is 0 Å². The van der Waals surface area contributed by atoms with Gasteiger partial charge >= 0.3 is 0 Å². The van der Waals surface area contributed by atoms with Crippen LogP contribution in [0.25, 0.3) is 0 Å². The molecule has 0 aliphatic heterocycles. The van der Waals surface area contributed by atoms with Crippen LogP contribution in [0, 0.1) is 0 Å². The van der Waals surface area contributed by atoms with Crippen LogP contribution in [0.4, 0.5) is 11.4 Å². The summed E-state index contributed by atoms with van der Waals surface area (Å²) in [6, 6.07) is 25.5. The molecule has 0 bridgehead atoms. The number of halogens is 1. The number of para-hydroxylation sites is 1. The number of benzene rings is 3. The summed E-state index contributed by atoms with van der Waals surface area (Å²) in [6.07, 6.45) is 1.69. The Morgan fingerprint density at radius 2 is 1.56 bits per heavy atom. The molecule has 0 unspecified atom stereocenters. The van der Waals surface area contributed by atoms with Crippen molar-refractivity contribution in [2.45, 2.75) is 0 Å². The number of nitrogens with one attached hydrogen (secondary N) is 1. The molecule has 4 nitrogen and oxygen atoms in total. The van der Waals surface area contributed by atoms with E-state index in [9.17, 15) is 0 Å². The van der Waals surface area contributed by atoms with E-state index >= 15 is 0 Å². The lowest BCUT2D eigenvalue weighted by atomic mass is 10.2. The molecule has 136 valence electrons. The maximum absolute atomic E-state index is 6.18. The minimum Gasteiger partial charge on any atom is -0.378 e. The fourth-order valence-electron chi connectivity index (χ4n) is 2.45. The van der Waals surface area contributed by atoms with Crippen LogP contribution in [0.2, 0.25) is 5.02 Å². The molecule has 0 radical (unpaired) electrons. The quantitative estimate of drug-likeness (QED) is 0.382. The van der Waals surface area contributed by atoms with Crippen LogP contribution in [0.15, 0.2) is 89.0 Å². The third-order valence-corrected chi connectivity index (χ3v) is 4.28. The molecule has 3 aromatic rings. The number of anilines is 1. The van der Waals surface area contributed by atoms with Gasteiger partial charge in [0.2, 0.25) is 0 Å². The molecule has 0 aromatic heterocycles. The predicted molar refractivity (Wildman–Crippen MR) is 116 cm³/mol. The summed E-state index contributed by atoms with van der Waals surface area (Å²) in [5.41, 5.74) is 6.82. The van der Waals surface area contributed by atoms with Gasteiger partial charge in [-0.2, -0.15) is 5.10 Å². The van der Waals surface area contributed by atoms with Crippen LogP contribution in [0.3, 0.4) is 0 Å². The second-order valence-corrected chi connectivity index (χ2v) is 6.54. The molecule has 0 aliphatic carbocycles. The van der Waals surface area contributed by atoms with Gasteiger partial charge in [-0.05, 0) is 42.5 Å². The van der Waals surface area contributed by atoms with Gasteiger partial charge in [-0.15, -0.1) is 0 Å². The molecule has 0 saturated heterocycles. The summed E-state index contributed by atoms with van der Waals surface area (Å²) in [6.45, 7) is 0. The summed E-state index contributed by atoms with van der Waals surface area (Å²) in [5, 5.41) is 4.98. The van der Waals surface area contributed by atoms with E-state index in [0.717, 1.165) is 22.5 Å². The van der Waals surface area contributed by atoms with E-state index in [2.05, 4.69) is 27.6 Å². The Morgan fingerprint density at radius 3 is 2.22 bits per heavy atom. The van der Waals surface area contributed by atoms with E-state index in [0.29, 0.717) is 10.9 Å². The minimum atomic E-state index is 0.653. The molecular weight excluding hydrogens is 356 g/mol. The summed E-state index contributed by atoms with van der Waals surface area (Å²) in [4.78, 5) is 6.76. The lowest BCUT2D eigenvalue weighted by molar-refractivity contribution is 1.03. The van der Waals surface area contributed by atoms with Crippen LogP contribution in [-0.2, 0) is 0 Å². The third-order valence-electron chi connectivity index (χ3n) is 3.93. The van der Waals surface area contributed by atoms with Gasteiger partial charge in [0.05, 0.1) is 11.9 Å². The Bertz CT molecular complexity index is 932.